The van der Waals surface area contributed by atoms with E-state index >= 15 is 0 Å². The first-order valence-electron chi connectivity index (χ1n) is 5.52. The van der Waals surface area contributed by atoms with Crippen molar-refractivity contribution in [3.8, 4) is 0 Å². The molecule has 0 heterocycles. The quantitative estimate of drug-likeness (QED) is 0.733. The summed E-state index contributed by atoms with van der Waals surface area (Å²) in [5, 5.41) is 10.8. The number of nitrogen functional groups attached to an aromatic ring is 1. The highest BCUT2D eigenvalue weighted by atomic mass is 19.4. The van der Waals surface area contributed by atoms with Crippen LogP contribution < -0.4 is 11.1 Å². The molecule has 0 aromatic heterocycles. The van der Waals surface area contributed by atoms with Crippen LogP contribution in [-0.4, -0.2) is 29.8 Å². The first-order valence-corrected chi connectivity index (χ1v) is 5.52. The Morgan fingerprint density at radius 3 is 2.47 bits per heavy atom. The van der Waals surface area contributed by atoms with E-state index in [2.05, 4.69) is 0 Å². The molecule has 0 aliphatic carbocycles. The number of aliphatic hydroxyl groups excluding tert-OH is 1. The van der Waals surface area contributed by atoms with Crippen molar-refractivity contribution >= 4 is 11.6 Å². The summed E-state index contributed by atoms with van der Waals surface area (Å²) in [4.78, 5) is 11.7. The van der Waals surface area contributed by atoms with Crippen molar-refractivity contribution in [2.24, 2.45) is 0 Å². The van der Waals surface area contributed by atoms with Crippen molar-refractivity contribution in [1.29, 1.82) is 0 Å². The van der Waals surface area contributed by atoms with E-state index in [1.54, 1.807) is 19.9 Å². The van der Waals surface area contributed by atoms with Crippen LogP contribution in [0.15, 0.2) is 12.1 Å². The number of amides is 1. The van der Waals surface area contributed by atoms with Crippen LogP contribution in [-0.2, 0) is 0 Å². The molecule has 1 rings (SSSR count). The van der Waals surface area contributed by atoms with Gasteiger partial charge in [-0.25, -0.2) is 0 Å². The molecule has 0 bridgehead atoms. The lowest BCUT2D eigenvalue weighted by molar-refractivity contribution is -0.201. The number of benzene rings is 1. The maximum absolute atomic E-state index is 12.1. The zero-order valence-electron chi connectivity index (χ0n) is 10.5. The molecule has 1 aromatic carbocycles. The standard InChI is InChI=1S/C12H15F3N2O2/c1-6-3-7(2)9(16)4-8(6)11(19)17-5-10(18)12(13,14)15/h3-4,10,18H,5,16H2,1-2H3,(H,17,19). The van der Waals surface area contributed by atoms with Crippen LogP contribution in [0.3, 0.4) is 0 Å². The number of alkyl halides is 3. The molecule has 0 spiro atoms. The van der Waals surface area contributed by atoms with E-state index in [1.807, 2.05) is 5.32 Å². The minimum atomic E-state index is -4.76. The van der Waals surface area contributed by atoms with Crippen LogP contribution >= 0.6 is 0 Å². The third-order valence-electron chi connectivity index (χ3n) is 2.69. The second-order valence-corrected chi connectivity index (χ2v) is 4.29. The number of nitrogens with one attached hydrogen (secondary N) is 1. The Labute approximate surface area is 108 Å². The molecular formula is C12H15F3N2O2. The highest BCUT2D eigenvalue weighted by Gasteiger charge is 2.38. The molecule has 19 heavy (non-hydrogen) atoms. The van der Waals surface area contributed by atoms with Crippen molar-refractivity contribution in [3.05, 3.63) is 28.8 Å². The van der Waals surface area contributed by atoms with Crippen molar-refractivity contribution < 1.29 is 23.1 Å². The molecule has 4 nitrogen and oxygen atoms in total. The summed E-state index contributed by atoms with van der Waals surface area (Å²) in [5.74, 6) is -0.701. The first kappa shape index (κ1) is 15.3. The number of nitrogens with two attached hydrogens (primary N) is 1. The van der Waals surface area contributed by atoms with Gasteiger partial charge in [0.05, 0.1) is 6.54 Å². The van der Waals surface area contributed by atoms with Crippen molar-refractivity contribution in [1.82, 2.24) is 5.32 Å². The lowest BCUT2D eigenvalue weighted by Crippen LogP contribution is -2.40. The van der Waals surface area contributed by atoms with E-state index in [4.69, 9.17) is 10.8 Å². The minimum Gasteiger partial charge on any atom is -0.398 e. The molecule has 0 saturated carbocycles. The van der Waals surface area contributed by atoms with Crippen LogP contribution in [0, 0.1) is 13.8 Å². The summed E-state index contributed by atoms with van der Waals surface area (Å²) in [6.45, 7) is 2.52. The fourth-order valence-corrected chi connectivity index (χ4v) is 1.51. The topological polar surface area (TPSA) is 75.3 Å². The second-order valence-electron chi connectivity index (χ2n) is 4.29. The molecular weight excluding hydrogens is 261 g/mol. The van der Waals surface area contributed by atoms with Gasteiger partial charge in [-0.05, 0) is 31.0 Å². The summed E-state index contributed by atoms with van der Waals surface area (Å²) >= 11 is 0. The average Bonchev–Trinajstić information content (AvgIpc) is 2.29. The number of carbonyl (C=O) groups is 1. The van der Waals surface area contributed by atoms with Crippen LogP contribution in [0.2, 0.25) is 0 Å². The van der Waals surface area contributed by atoms with Gasteiger partial charge in [0.1, 0.15) is 0 Å². The largest absolute Gasteiger partial charge is 0.416 e. The number of hydrogen-bond donors (Lipinski definition) is 3. The molecule has 0 radical (unpaired) electrons. The van der Waals surface area contributed by atoms with E-state index in [1.165, 1.54) is 6.07 Å². The fraction of sp³-hybridized carbons (Fsp3) is 0.417. The number of aryl methyl sites for hydroxylation is 2. The molecule has 1 atom stereocenters. The normalized spacial score (nSPS) is 13.2. The van der Waals surface area contributed by atoms with E-state index in [0.29, 0.717) is 11.3 Å². The van der Waals surface area contributed by atoms with Crippen molar-refractivity contribution in [2.75, 3.05) is 12.3 Å². The number of rotatable bonds is 3. The van der Waals surface area contributed by atoms with E-state index in [9.17, 15) is 18.0 Å². The maximum Gasteiger partial charge on any atom is 0.416 e. The SMILES string of the molecule is Cc1cc(C)c(C(=O)NCC(O)C(F)(F)F)cc1N. The fourth-order valence-electron chi connectivity index (χ4n) is 1.51. The molecule has 4 N–H and O–H groups in total. The number of hydrogen-bond acceptors (Lipinski definition) is 3. The Bertz CT molecular complexity index is 487. The molecule has 0 saturated heterocycles. The van der Waals surface area contributed by atoms with Gasteiger partial charge < -0.3 is 16.2 Å². The summed E-state index contributed by atoms with van der Waals surface area (Å²) in [6, 6.07) is 3.07. The first-order chi connectivity index (χ1) is 8.62. The summed E-state index contributed by atoms with van der Waals surface area (Å²) < 4.78 is 36.2. The minimum absolute atomic E-state index is 0.192. The van der Waals surface area contributed by atoms with Crippen LogP contribution in [0.1, 0.15) is 21.5 Å². The number of aliphatic hydroxyl groups is 1. The number of anilines is 1. The molecule has 1 aromatic rings. The van der Waals surface area contributed by atoms with E-state index in [0.717, 1.165) is 5.56 Å². The zero-order valence-corrected chi connectivity index (χ0v) is 10.5. The summed E-state index contributed by atoms with van der Waals surface area (Å²) in [5.41, 5.74) is 7.60. The predicted molar refractivity (Wildman–Crippen MR) is 64.7 cm³/mol. The van der Waals surface area contributed by atoms with Gasteiger partial charge in [0, 0.05) is 11.3 Å². The van der Waals surface area contributed by atoms with Gasteiger partial charge in [-0.1, -0.05) is 6.07 Å². The van der Waals surface area contributed by atoms with Gasteiger partial charge in [-0.15, -0.1) is 0 Å². The Balaban J connectivity index is 2.77. The summed E-state index contributed by atoms with van der Waals surface area (Å²) in [7, 11) is 0. The second kappa shape index (κ2) is 5.48. The predicted octanol–water partition coefficient (Wildman–Crippen LogP) is 1.54. The molecule has 106 valence electrons. The van der Waals surface area contributed by atoms with Gasteiger partial charge in [0.2, 0.25) is 0 Å². The van der Waals surface area contributed by atoms with Gasteiger partial charge in [-0.2, -0.15) is 13.2 Å². The van der Waals surface area contributed by atoms with E-state index in [-0.39, 0.29) is 5.56 Å². The maximum atomic E-state index is 12.1. The summed E-state index contributed by atoms with van der Waals surface area (Å²) in [6.07, 6.45) is -7.34. The van der Waals surface area contributed by atoms with Crippen LogP contribution in [0.25, 0.3) is 0 Å². The molecule has 0 aliphatic heterocycles. The third-order valence-corrected chi connectivity index (χ3v) is 2.69. The lowest BCUT2D eigenvalue weighted by Gasteiger charge is -2.16. The molecule has 1 amide bonds. The molecule has 0 fully saturated rings. The molecule has 0 aliphatic rings. The Morgan fingerprint density at radius 1 is 1.37 bits per heavy atom. The van der Waals surface area contributed by atoms with Crippen LogP contribution in [0.5, 0.6) is 0 Å². The van der Waals surface area contributed by atoms with Crippen molar-refractivity contribution in [2.45, 2.75) is 26.1 Å². The third kappa shape index (κ3) is 3.85. The van der Waals surface area contributed by atoms with Gasteiger partial charge in [0.15, 0.2) is 6.10 Å². The smallest absolute Gasteiger partial charge is 0.398 e. The Morgan fingerprint density at radius 2 is 1.95 bits per heavy atom. The molecule has 1 unspecified atom stereocenters. The Kier molecular flexibility index (Phi) is 4.41. The monoisotopic (exact) mass is 276 g/mol. The number of halogens is 3. The van der Waals surface area contributed by atoms with Gasteiger partial charge in [0.25, 0.3) is 5.91 Å². The van der Waals surface area contributed by atoms with Gasteiger partial charge in [-0.3, -0.25) is 4.79 Å². The van der Waals surface area contributed by atoms with Crippen LogP contribution in [0.4, 0.5) is 18.9 Å². The average molecular weight is 276 g/mol. The van der Waals surface area contributed by atoms with Crippen molar-refractivity contribution in [3.63, 3.8) is 0 Å². The highest BCUT2D eigenvalue weighted by molar-refractivity contribution is 5.96. The zero-order chi connectivity index (χ0) is 14.8. The number of carbonyl (C=O) groups excluding carboxylic acids is 1. The van der Waals surface area contributed by atoms with E-state index < -0.39 is 24.7 Å². The molecule has 7 heteroatoms. The highest BCUT2D eigenvalue weighted by Crippen LogP contribution is 2.20. The Hall–Kier alpha value is -1.76. The lowest BCUT2D eigenvalue weighted by atomic mass is 10.0. The van der Waals surface area contributed by atoms with Gasteiger partial charge >= 0.3 is 6.18 Å².